The lowest BCUT2D eigenvalue weighted by molar-refractivity contribution is 0.102. The molecular weight excluding hydrogens is 368 g/mol. The van der Waals surface area contributed by atoms with Crippen molar-refractivity contribution in [2.24, 2.45) is 0 Å². The van der Waals surface area contributed by atoms with Gasteiger partial charge in [0.1, 0.15) is 5.75 Å². The van der Waals surface area contributed by atoms with Crippen LogP contribution < -0.4 is 5.32 Å². The Labute approximate surface area is 155 Å². The van der Waals surface area contributed by atoms with E-state index in [1.54, 1.807) is 18.2 Å². The minimum absolute atomic E-state index is 0.0207. The average Bonchev–Trinajstić information content (AvgIpc) is 3.33. The number of phenolic OH excluding ortho intramolecular Hbond substituents is 1. The van der Waals surface area contributed by atoms with Crippen LogP contribution in [0.4, 0.5) is 5.69 Å². The van der Waals surface area contributed by atoms with E-state index in [1.807, 2.05) is 6.07 Å². The number of fused-ring (bicyclic) bond motifs is 1. The van der Waals surface area contributed by atoms with Gasteiger partial charge in [-0.1, -0.05) is 18.2 Å². The molecule has 1 saturated heterocycles. The molecule has 27 heavy (non-hydrogen) atoms. The second kappa shape index (κ2) is 6.67. The zero-order chi connectivity index (χ0) is 19.0. The number of H-pyrrole nitrogens is 1. The summed E-state index contributed by atoms with van der Waals surface area (Å²) in [6.45, 7) is 0.953. The Morgan fingerprint density at radius 1 is 1.15 bits per heavy atom. The Kier molecular flexibility index (Phi) is 4.33. The average molecular weight is 386 g/mol. The van der Waals surface area contributed by atoms with Gasteiger partial charge in [0.25, 0.3) is 5.91 Å². The minimum Gasteiger partial charge on any atom is -0.506 e. The number of aromatic amines is 1. The second-order valence-electron chi connectivity index (χ2n) is 6.36. The van der Waals surface area contributed by atoms with E-state index in [1.165, 1.54) is 22.5 Å². The fourth-order valence-corrected chi connectivity index (χ4v) is 4.72. The summed E-state index contributed by atoms with van der Waals surface area (Å²) in [5.74, 6) is -0.762. The van der Waals surface area contributed by atoms with Crippen molar-refractivity contribution in [3.63, 3.8) is 0 Å². The number of nitrogens with one attached hydrogen (secondary N) is 2. The summed E-state index contributed by atoms with van der Waals surface area (Å²) in [6.07, 6.45) is 1.65. The highest BCUT2D eigenvalue weighted by Gasteiger charge is 2.28. The smallest absolute Gasteiger partial charge is 0.276 e. The third-order valence-electron chi connectivity index (χ3n) is 4.60. The van der Waals surface area contributed by atoms with Gasteiger partial charge in [-0.2, -0.15) is 9.40 Å². The molecule has 0 atom stereocenters. The maximum Gasteiger partial charge on any atom is 0.276 e. The molecule has 0 saturated carbocycles. The third-order valence-corrected chi connectivity index (χ3v) is 6.50. The highest BCUT2D eigenvalue weighted by atomic mass is 32.2. The highest BCUT2D eigenvalue weighted by molar-refractivity contribution is 7.89. The molecule has 0 radical (unpaired) electrons. The molecule has 1 amide bonds. The normalized spacial score (nSPS) is 15.3. The predicted octanol–water partition coefficient (Wildman–Crippen LogP) is 2.31. The summed E-state index contributed by atoms with van der Waals surface area (Å²) in [6, 6.07) is 11.0. The number of anilines is 1. The molecule has 0 bridgehead atoms. The molecule has 2 aromatic carbocycles. The highest BCUT2D eigenvalue weighted by Crippen LogP contribution is 2.30. The van der Waals surface area contributed by atoms with Gasteiger partial charge in [-0.05, 0) is 37.1 Å². The van der Waals surface area contributed by atoms with Crippen molar-refractivity contribution >= 4 is 32.5 Å². The van der Waals surface area contributed by atoms with Crippen LogP contribution in [0, 0.1) is 0 Å². The number of benzene rings is 2. The van der Waals surface area contributed by atoms with Crippen molar-refractivity contribution in [2.75, 3.05) is 18.4 Å². The lowest BCUT2D eigenvalue weighted by Gasteiger charge is -2.16. The fraction of sp³-hybridized carbons (Fsp3) is 0.222. The van der Waals surface area contributed by atoms with Gasteiger partial charge >= 0.3 is 0 Å². The predicted molar refractivity (Wildman–Crippen MR) is 100 cm³/mol. The number of carbonyl (C=O) groups excluding carboxylic acids is 1. The van der Waals surface area contributed by atoms with Crippen LogP contribution in [-0.4, -0.2) is 47.0 Å². The number of carbonyl (C=O) groups is 1. The number of phenols is 1. The number of para-hydroxylation sites is 1. The molecule has 1 fully saturated rings. The fourth-order valence-electron chi connectivity index (χ4n) is 3.17. The zero-order valence-corrected chi connectivity index (χ0v) is 15.2. The van der Waals surface area contributed by atoms with Crippen LogP contribution in [0.3, 0.4) is 0 Å². The topological polar surface area (TPSA) is 115 Å². The summed E-state index contributed by atoms with van der Waals surface area (Å²) >= 11 is 0. The summed E-state index contributed by atoms with van der Waals surface area (Å²) < 4.78 is 26.8. The molecule has 2 heterocycles. The van der Waals surface area contributed by atoms with Gasteiger partial charge in [0.05, 0.1) is 16.1 Å². The van der Waals surface area contributed by atoms with Crippen molar-refractivity contribution in [2.45, 2.75) is 17.7 Å². The van der Waals surface area contributed by atoms with Crippen molar-refractivity contribution in [1.82, 2.24) is 14.5 Å². The Morgan fingerprint density at radius 2 is 1.89 bits per heavy atom. The van der Waals surface area contributed by atoms with Crippen molar-refractivity contribution < 1.29 is 18.3 Å². The van der Waals surface area contributed by atoms with E-state index >= 15 is 0 Å². The summed E-state index contributed by atoms with van der Waals surface area (Å²) in [7, 11) is -3.65. The van der Waals surface area contributed by atoms with Crippen molar-refractivity contribution in [1.29, 1.82) is 0 Å². The molecule has 3 N–H and O–H groups in total. The van der Waals surface area contributed by atoms with Gasteiger partial charge in [0.15, 0.2) is 5.69 Å². The zero-order valence-electron chi connectivity index (χ0n) is 14.3. The monoisotopic (exact) mass is 386 g/mol. The maximum absolute atomic E-state index is 12.7. The van der Waals surface area contributed by atoms with Crippen LogP contribution in [0.5, 0.6) is 5.75 Å². The molecule has 0 spiro atoms. The van der Waals surface area contributed by atoms with Gasteiger partial charge < -0.3 is 10.4 Å². The molecule has 0 aliphatic carbocycles. The number of rotatable bonds is 4. The van der Waals surface area contributed by atoms with E-state index in [0.29, 0.717) is 24.0 Å². The van der Waals surface area contributed by atoms with Gasteiger partial charge in [-0.3, -0.25) is 9.89 Å². The van der Waals surface area contributed by atoms with E-state index in [4.69, 9.17) is 0 Å². The molecule has 8 nitrogen and oxygen atoms in total. The molecule has 3 aromatic rings. The van der Waals surface area contributed by atoms with E-state index < -0.39 is 15.9 Å². The number of hydrogen-bond acceptors (Lipinski definition) is 5. The van der Waals surface area contributed by atoms with Gasteiger partial charge in [0, 0.05) is 18.5 Å². The van der Waals surface area contributed by atoms with E-state index in [-0.39, 0.29) is 22.0 Å². The molecule has 0 unspecified atom stereocenters. The number of aromatic hydroxyl groups is 1. The summed E-state index contributed by atoms with van der Waals surface area (Å²) in [5, 5.41) is 20.0. The molecule has 4 rings (SSSR count). The Bertz CT molecular complexity index is 1120. The minimum atomic E-state index is -3.65. The van der Waals surface area contributed by atoms with Crippen LogP contribution in [0.25, 0.3) is 10.9 Å². The van der Waals surface area contributed by atoms with E-state index in [0.717, 1.165) is 12.8 Å². The molecule has 9 heteroatoms. The van der Waals surface area contributed by atoms with E-state index in [2.05, 4.69) is 15.5 Å². The summed E-state index contributed by atoms with van der Waals surface area (Å²) in [4.78, 5) is 12.6. The van der Waals surface area contributed by atoms with E-state index in [9.17, 15) is 18.3 Å². The Morgan fingerprint density at radius 3 is 2.67 bits per heavy atom. The maximum atomic E-state index is 12.7. The van der Waals surface area contributed by atoms with Gasteiger partial charge in [-0.25, -0.2) is 8.42 Å². The van der Waals surface area contributed by atoms with Gasteiger partial charge in [-0.15, -0.1) is 0 Å². The number of aromatic nitrogens is 2. The van der Waals surface area contributed by atoms with Crippen molar-refractivity contribution in [3.05, 3.63) is 48.2 Å². The standard InChI is InChI=1S/C18H18N4O4S/c23-16-8-7-12(27(25,26)22-9-3-4-10-22)11-15(16)19-18(24)17-13-5-1-2-6-14(13)20-21-17/h1-2,5-8,11,23H,3-4,9-10H2,(H,19,24)(H,20,21). The first kappa shape index (κ1) is 17.5. The first-order chi connectivity index (χ1) is 13.0. The third kappa shape index (κ3) is 3.15. The van der Waals surface area contributed by atoms with Crippen LogP contribution in [0.1, 0.15) is 23.3 Å². The number of nitrogens with zero attached hydrogens (tertiary/aromatic N) is 2. The number of hydrogen-bond donors (Lipinski definition) is 3. The van der Waals surface area contributed by atoms with Crippen molar-refractivity contribution in [3.8, 4) is 5.75 Å². The first-order valence-electron chi connectivity index (χ1n) is 8.54. The Balaban J connectivity index is 1.65. The molecule has 1 aromatic heterocycles. The quantitative estimate of drug-likeness (QED) is 0.595. The number of amides is 1. The SMILES string of the molecule is O=C(Nc1cc(S(=O)(=O)N2CCCC2)ccc1O)c1n[nH]c2ccccc12. The second-order valence-corrected chi connectivity index (χ2v) is 8.30. The summed E-state index contributed by atoms with van der Waals surface area (Å²) in [5.41, 5.74) is 0.891. The first-order valence-corrected chi connectivity index (χ1v) is 9.98. The lowest BCUT2D eigenvalue weighted by Crippen LogP contribution is -2.28. The van der Waals surface area contributed by atoms with Crippen LogP contribution in [0.15, 0.2) is 47.4 Å². The molecule has 140 valence electrons. The van der Waals surface area contributed by atoms with Crippen LogP contribution in [-0.2, 0) is 10.0 Å². The van der Waals surface area contributed by atoms with Crippen LogP contribution in [0.2, 0.25) is 0 Å². The molecular formula is C18H18N4O4S. The largest absolute Gasteiger partial charge is 0.506 e. The number of sulfonamides is 1. The molecule has 1 aliphatic heterocycles. The van der Waals surface area contributed by atoms with Crippen LogP contribution >= 0.6 is 0 Å². The van der Waals surface area contributed by atoms with Gasteiger partial charge in [0.2, 0.25) is 10.0 Å². The lowest BCUT2D eigenvalue weighted by atomic mass is 10.2. The Hall–Kier alpha value is -2.91. The molecule has 1 aliphatic rings.